The average molecular weight is 340 g/mol. The molecule has 1 amide bonds. The van der Waals surface area contributed by atoms with Gasteiger partial charge in [0, 0.05) is 23.9 Å². The highest BCUT2D eigenvalue weighted by atomic mass is 32.2. The summed E-state index contributed by atoms with van der Waals surface area (Å²) in [6.07, 6.45) is 0. The van der Waals surface area contributed by atoms with Crippen molar-refractivity contribution in [1.82, 2.24) is 14.8 Å². The fourth-order valence-corrected chi connectivity index (χ4v) is 4.34. The average Bonchev–Trinajstić information content (AvgIpc) is 2.83. The maximum atomic E-state index is 12.9. The number of aromatic amines is 1. The lowest BCUT2D eigenvalue weighted by Gasteiger charge is -2.17. The van der Waals surface area contributed by atoms with Crippen LogP contribution in [0.3, 0.4) is 0 Å². The molecule has 0 fully saturated rings. The van der Waals surface area contributed by atoms with E-state index in [0.717, 1.165) is 22.2 Å². The van der Waals surface area contributed by atoms with Gasteiger partial charge in [-0.25, -0.2) is 0 Å². The Kier molecular flexibility index (Phi) is 3.45. The van der Waals surface area contributed by atoms with Crippen LogP contribution in [0, 0.1) is 6.92 Å². The summed E-state index contributed by atoms with van der Waals surface area (Å²) in [4.78, 5) is 24.9. The van der Waals surface area contributed by atoms with E-state index >= 15 is 0 Å². The summed E-state index contributed by atoms with van der Waals surface area (Å²) in [6, 6.07) is 9.73. The van der Waals surface area contributed by atoms with E-state index in [2.05, 4.69) is 15.5 Å². The number of amides is 1. The Morgan fingerprint density at radius 1 is 1.29 bits per heavy atom. The Balaban J connectivity index is 1.97. The van der Waals surface area contributed by atoms with E-state index in [1.807, 2.05) is 37.3 Å². The van der Waals surface area contributed by atoms with Gasteiger partial charge in [0.15, 0.2) is 5.82 Å². The Hall–Kier alpha value is -2.54. The summed E-state index contributed by atoms with van der Waals surface area (Å²) in [6.45, 7) is 1.91. The molecule has 0 bridgehead atoms. The van der Waals surface area contributed by atoms with E-state index in [1.165, 1.54) is 11.8 Å². The van der Waals surface area contributed by atoms with E-state index in [-0.39, 0.29) is 22.5 Å². The molecule has 3 heterocycles. The van der Waals surface area contributed by atoms with Crippen molar-refractivity contribution >= 4 is 34.4 Å². The van der Waals surface area contributed by atoms with Crippen molar-refractivity contribution < 1.29 is 4.79 Å². The molecule has 1 aliphatic rings. The topological polar surface area (TPSA) is 79.8 Å². The van der Waals surface area contributed by atoms with Gasteiger partial charge < -0.3 is 9.88 Å². The van der Waals surface area contributed by atoms with Gasteiger partial charge in [-0.05, 0) is 24.4 Å². The number of H-pyrrole nitrogens is 1. The molecule has 2 aromatic heterocycles. The molecule has 0 aliphatic carbocycles. The van der Waals surface area contributed by atoms with Crippen LogP contribution < -0.4 is 10.9 Å². The third kappa shape index (κ3) is 2.24. The smallest absolute Gasteiger partial charge is 0.255 e. The lowest BCUT2D eigenvalue weighted by molar-refractivity contribution is -0.113. The van der Waals surface area contributed by atoms with Crippen LogP contribution in [0.25, 0.3) is 10.9 Å². The minimum atomic E-state index is -0.235. The van der Waals surface area contributed by atoms with Crippen LogP contribution in [-0.2, 0) is 11.8 Å². The Bertz CT molecular complexity index is 1020. The molecule has 3 aromatic rings. The van der Waals surface area contributed by atoms with Gasteiger partial charge in [0.25, 0.3) is 5.56 Å². The van der Waals surface area contributed by atoms with E-state index in [0.29, 0.717) is 11.4 Å². The van der Waals surface area contributed by atoms with Crippen molar-refractivity contribution in [3.63, 3.8) is 0 Å². The largest absolute Gasteiger partial charge is 0.311 e. The zero-order chi connectivity index (χ0) is 16.8. The number of aryl methyl sites for hydroxylation is 2. The van der Waals surface area contributed by atoms with Crippen molar-refractivity contribution in [2.75, 3.05) is 11.1 Å². The molecule has 24 heavy (non-hydrogen) atoms. The number of para-hydroxylation sites is 1. The van der Waals surface area contributed by atoms with Crippen LogP contribution in [0.5, 0.6) is 0 Å². The van der Waals surface area contributed by atoms with Gasteiger partial charge in [-0.3, -0.25) is 14.7 Å². The first-order valence-corrected chi connectivity index (χ1v) is 8.66. The van der Waals surface area contributed by atoms with Crippen LogP contribution in [0.2, 0.25) is 0 Å². The zero-order valence-electron chi connectivity index (χ0n) is 13.3. The second-order valence-electron chi connectivity index (χ2n) is 5.87. The molecule has 0 radical (unpaired) electrons. The molecule has 0 saturated carbocycles. The Morgan fingerprint density at radius 2 is 2.08 bits per heavy atom. The summed E-state index contributed by atoms with van der Waals surface area (Å²) in [5.41, 5.74) is 3.25. The summed E-state index contributed by atoms with van der Waals surface area (Å²) in [7, 11) is 1.78. The van der Waals surface area contributed by atoms with Crippen molar-refractivity contribution in [2.45, 2.75) is 12.2 Å². The standard InChI is InChI=1S/C17H16N4O2S/c1-9-14-15(24-8-13(22)18-16(14)20-19-9)11-7-10-5-3-4-6-12(10)21(2)17(11)23/h3-7,15H,8H2,1-2H3,(H2,18,19,20,22). The quantitative estimate of drug-likeness (QED) is 0.713. The molecule has 2 N–H and O–H groups in total. The predicted octanol–water partition coefficient (Wildman–Crippen LogP) is 2.34. The minimum absolute atomic E-state index is 0.0490. The summed E-state index contributed by atoms with van der Waals surface area (Å²) in [5.74, 6) is 0.701. The number of fused-ring (bicyclic) bond motifs is 2. The molecule has 0 spiro atoms. The molecule has 1 atom stereocenters. The molecule has 1 unspecified atom stereocenters. The second-order valence-corrected chi connectivity index (χ2v) is 6.97. The third-order valence-electron chi connectivity index (χ3n) is 4.34. The number of rotatable bonds is 1. The maximum Gasteiger partial charge on any atom is 0.255 e. The van der Waals surface area contributed by atoms with Gasteiger partial charge in [0.05, 0.1) is 16.5 Å². The number of aromatic nitrogens is 3. The van der Waals surface area contributed by atoms with E-state index in [9.17, 15) is 9.59 Å². The lowest BCUT2D eigenvalue weighted by Crippen LogP contribution is -2.23. The van der Waals surface area contributed by atoms with Crippen molar-refractivity contribution in [2.24, 2.45) is 7.05 Å². The fourth-order valence-electron chi connectivity index (χ4n) is 3.14. The number of thioether (sulfide) groups is 1. The number of hydrogen-bond acceptors (Lipinski definition) is 4. The highest BCUT2D eigenvalue weighted by Gasteiger charge is 2.30. The van der Waals surface area contributed by atoms with Crippen LogP contribution in [0.4, 0.5) is 5.82 Å². The molecule has 6 nitrogen and oxygen atoms in total. The number of hydrogen-bond donors (Lipinski definition) is 2. The van der Waals surface area contributed by atoms with Crippen LogP contribution >= 0.6 is 11.8 Å². The molecule has 1 aliphatic heterocycles. The first-order chi connectivity index (χ1) is 11.6. The molecule has 0 saturated heterocycles. The number of nitrogens with one attached hydrogen (secondary N) is 2. The van der Waals surface area contributed by atoms with Crippen molar-refractivity contribution in [3.8, 4) is 0 Å². The summed E-state index contributed by atoms with van der Waals surface area (Å²) in [5, 5.41) is 10.7. The second kappa shape index (κ2) is 5.52. The van der Waals surface area contributed by atoms with Gasteiger partial charge >= 0.3 is 0 Å². The van der Waals surface area contributed by atoms with Crippen LogP contribution in [-0.4, -0.2) is 26.4 Å². The van der Waals surface area contributed by atoms with E-state index in [4.69, 9.17) is 0 Å². The number of carbonyl (C=O) groups is 1. The highest BCUT2D eigenvalue weighted by Crippen LogP contribution is 2.41. The minimum Gasteiger partial charge on any atom is -0.311 e. The number of anilines is 1. The predicted molar refractivity (Wildman–Crippen MR) is 95.4 cm³/mol. The van der Waals surface area contributed by atoms with Gasteiger partial charge in [0.1, 0.15) is 0 Å². The number of carbonyl (C=O) groups excluding carboxylic acids is 1. The molecule has 4 rings (SSSR count). The first kappa shape index (κ1) is 15.0. The molecular weight excluding hydrogens is 324 g/mol. The summed E-state index contributed by atoms with van der Waals surface area (Å²) < 4.78 is 1.67. The maximum absolute atomic E-state index is 12.9. The first-order valence-electron chi connectivity index (χ1n) is 7.61. The van der Waals surface area contributed by atoms with Gasteiger partial charge in [0.2, 0.25) is 5.91 Å². The highest BCUT2D eigenvalue weighted by molar-refractivity contribution is 8.00. The van der Waals surface area contributed by atoms with Crippen LogP contribution in [0.1, 0.15) is 22.1 Å². The molecule has 122 valence electrons. The van der Waals surface area contributed by atoms with Crippen molar-refractivity contribution in [1.29, 1.82) is 0 Å². The Morgan fingerprint density at radius 3 is 2.92 bits per heavy atom. The normalized spacial score (nSPS) is 17.4. The number of nitrogens with zero attached hydrogens (tertiary/aromatic N) is 2. The van der Waals surface area contributed by atoms with Crippen LogP contribution in [0.15, 0.2) is 35.1 Å². The Labute approximate surface area is 142 Å². The fraction of sp³-hybridized carbons (Fsp3) is 0.235. The summed E-state index contributed by atoms with van der Waals surface area (Å²) >= 11 is 1.45. The third-order valence-corrected chi connectivity index (χ3v) is 5.59. The van der Waals surface area contributed by atoms with Gasteiger partial charge in [-0.1, -0.05) is 18.2 Å². The molecular formula is C17H16N4O2S. The van der Waals surface area contributed by atoms with Gasteiger partial charge in [-0.2, -0.15) is 5.10 Å². The number of benzene rings is 1. The van der Waals surface area contributed by atoms with Gasteiger partial charge in [-0.15, -0.1) is 11.8 Å². The molecule has 1 aromatic carbocycles. The SMILES string of the molecule is Cc1[nH]nc2c1C(c1cc3ccccc3n(C)c1=O)SCC(=O)N2. The van der Waals surface area contributed by atoms with E-state index in [1.54, 1.807) is 11.6 Å². The zero-order valence-corrected chi connectivity index (χ0v) is 14.1. The van der Waals surface area contributed by atoms with Crippen molar-refractivity contribution in [3.05, 3.63) is 57.5 Å². The monoisotopic (exact) mass is 340 g/mol. The number of pyridine rings is 1. The molecule has 7 heteroatoms. The van der Waals surface area contributed by atoms with E-state index < -0.39 is 0 Å². The lowest BCUT2D eigenvalue weighted by atomic mass is 10.0.